The molecule has 5 nitrogen and oxygen atoms in total. The Labute approximate surface area is 169 Å². The molecule has 1 heterocycles. The SMILES string of the molecule is Cc1ccc(Nc2nnc(SCC(=O)N[C@H]3CCC[C@@H](C)[C@@H]3C)s2)cc1C. The van der Waals surface area contributed by atoms with E-state index in [9.17, 15) is 4.79 Å². The van der Waals surface area contributed by atoms with Crippen molar-refractivity contribution in [1.82, 2.24) is 15.5 Å². The first-order chi connectivity index (χ1) is 12.9. The summed E-state index contributed by atoms with van der Waals surface area (Å²) >= 11 is 2.93. The smallest absolute Gasteiger partial charge is 0.230 e. The van der Waals surface area contributed by atoms with Gasteiger partial charge in [0.25, 0.3) is 0 Å². The number of carbonyl (C=O) groups excluding carboxylic acids is 1. The molecule has 1 aliphatic carbocycles. The van der Waals surface area contributed by atoms with Gasteiger partial charge in [0.15, 0.2) is 4.34 Å². The van der Waals surface area contributed by atoms with Crippen molar-refractivity contribution in [1.29, 1.82) is 0 Å². The molecule has 1 fully saturated rings. The van der Waals surface area contributed by atoms with E-state index in [-0.39, 0.29) is 5.91 Å². The predicted molar refractivity (Wildman–Crippen MR) is 114 cm³/mol. The third-order valence-electron chi connectivity index (χ3n) is 5.54. The van der Waals surface area contributed by atoms with Gasteiger partial charge in [-0.15, -0.1) is 10.2 Å². The van der Waals surface area contributed by atoms with Crippen LogP contribution in [0.5, 0.6) is 0 Å². The second-order valence-electron chi connectivity index (χ2n) is 7.53. The average Bonchev–Trinajstić information content (AvgIpc) is 3.08. The Hall–Kier alpha value is -1.60. The second-order valence-corrected chi connectivity index (χ2v) is 9.73. The van der Waals surface area contributed by atoms with Gasteiger partial charge in [0.05, 0.1) is 5.75 Å². The van der Waals surface area contributed by atoms with E-state index in [4.69, 9.17) is 0 Å². The van der Waals surface area contributed by atoms with Gasteiger partial charge in [-0.2, -0.15) is 0 Å². The number of hydrogen-bond donors (Lipinski definition) is 2. The lowest BCUT2D eigenvalue weighted by molar-refractivity contribution is -0.119. The molecular formula is C20H28N4OS2. The molecule has 0 radical (unpaired) electrons. The normalized spacial score (nSPS) is 22.4. The Morgan fingerprint density at radius 2 is 2.04 bits per heavy atom. The molecule has 0 saturated heterocycles. The summed E-state index contributed by atoms with van der Waals surface area (Å²) in [5, 5.41) is 15.6. The van der Waals surface area contributed by atoms with E-state index in [1.165, 1.54) is 47.1 Å². The van der Waals surface area contributed by atoms with Crippen molar-refractivity contribution in [2.24, 2.45) is 11.8 Å². The monoisotopic (exact) mass is 404 g/mol. The van der Waals surface area contributed by atoms with Gasteiger partial charge >= 0.3 is 0 Å². The zero-order valence-corrected chi connectivity index (χ0v) is 18.0. The topological polar surface area (TPSA) is 66.9 Å². The highest BCUT2D eigenvalue weighted by molar-refractivity contribution is 8.01. The summed E-state index contributed by atoms with van der Waals surface area (Å²) in [7, 11) is 0. The number of carbonyl (C=O) groups is 1. The molecule has 146 valence electrons. The molecule has 2 N–H and O–H groups in total. The van der Waals surface area contributed by atoms with Crippen molar-refractivity contribution in [2.45, 2.75) is 57.3 Å². The van der Waals surface area contributed by atoms with Crippen LogP contribution in [0.15, 0.2) is 22.5 Å². The van der Waals surface area contributed by atoms with Crippen LogP contribution in [0.25, 0.3) is 0 Å². The van der Waals surface area contributed by atoms with Gasteiger partial charge in [-0.25, -0.2) is 0 Å². The molecule has 1 amide bonds. The number of nitrogens with one attached hydrogen (secondary N) is 2. The zero-order chi connectivity index (χ0) is 19.4. The number of rotatable bonds is 6. The molecule has 3 atom stereocenters. The summed E-state index contributed by atoms with van der Waals surface area (Å²) in [5.74, 6) is 1.70. The fourth-order valence-electron chi connectivity index (χ4n) is 3.42. The van der Waals surface area contributed by atoms with Crippen molar-refractivity contribution >= 4 is 39.8 Å². The summed E-state index contributed by atoms with van der Waals surface area (Å²) in [6, 6.07) is 6.53. The lowest BCUT2D eigenvalue weighted by atomic mass is 9.78. The summed E-state index contributed by atoms with van der Waals surface area (Å²) in [5.41, 5.74) is 3.51. The highest BCUT2D eigenvalue weighted by Crippen LogP contribution is 2.30. The number of amides is 1. The zero-order valence-electron chi connectivity index (χ0n) is 16.4. The Bertz CT molecular complexity index is 792. The van der Waals surface area contributed by atoms with Crippen LogP contribution in [0.2, 0.25) is 0 Å². The van der Waals surface area contributed by atoms with Gasteiger partial charge in [0.1, 0.15) is 0 Å². The fraction of sp³-hybridized carbons (Fsp3) is 0.550. The maximum absolute atomic E-state index is 12.3. The molecule has 1 saturated carbocycles. The standard InChI is InChI=1S/C20H28N4OS2/c1-12-8-9-16(10-14(12)3)21-19-23-24-20(27-19)26-11-18(25)22-17-7-5-6-13(2)15(17)4/h8-10,13,15,17H,5-7,11H2,1-4H3,(H,21,23)(H,22,25)/t13-,15+,17+/m1/s1. The van der Waals surface area contributed by atoms with Crippen LogP contribution >= 0.6 is 23.1 Å². The molecule has 0 bridgehead atoms. The third kappa shape index (κ3) is 5.45. The molecule has 0 spiro atoms. The first kappa shape index (κ1) is 20.1. The molecule has 0 unspecified atom stereocenters. The van der Waals surface area contributed by atoms with Gasteiger partial charge in [-0.1, -0.05) is 55.9 Å². The summed E-state index contributed by atoms with van der Waals surface area (Å²) in [6.07, 6.45) is 3.56. The number of anilines is 2. The molecule has 1 aromatic carbocycles. The van der Waals surface area contributed by atoms with Crippen molar-refractivity contribution in [2.75, 3.05) is 11.1 Å². The lowest BCUT2D eigenvalue weighted by Crippen LogP contribution is -2.44. The Kier molecular flexibility index (Phi) is 6.76. The summed E-state index contributed by atoms with van der Waals surface area (Å²) in [6.45, 7) is 8.72. The van der Waals surface area contributed by atoms with Crippen LogP contribution in [0.3, 0.4) is 0 Å². The molecule has 27 heavy (non-hydrogen) atoms. The quantitative estimate of drug-likeness (QED) is 0.668. The Morgan fingerprint density at radius 1 is 1.22 bits per heavy atom. The van der Waals surface area contributed by atoms with Crippen LogP contribution in [-0.2, 0) is 4.79 Å². The number of thioether (sulfide) groups is 1. The van der Waals surface area contributed by atoms with Gasteiger partial charge in [-0.05, 0) is 55.4 Å². The van der Waals surface area contributed by atoms with Gasteiger partial charge in [0.2, 0.25) is 11.0 Å². The summed E-state index contributed by atoms with van der Waals surface area (Å²) in [4.78, 5) is 12.3. The molecule has 7 heteroatoms. The van der Waals surface area contributed by atoms with Crippen LogP contribution < -0.4 is 10.6 Å². The van der Waals surface area contributed by atoms with E-state index >= 15 is 0 Å². The van der Waals surface area contributed by atoms with Crippen molar-refractivity contribution in [3.8, 4) is 0 Å². The Balaban J connectivity index is 1.49. The number of hydrogen-bond acceptors (Lipinski definition) is 6. The molecule has 1 aliphatic rings. The van der Waals surface area contributed by atoms with Gasteiger partial charge in [-0.3, -0.25) is 4.79 Å². The van der Waals surface area contributed by atoms with E-state index in [1.54, 1.807) is 0 Å². The van der Waals surface area contributed by atoms with Crippen molar-refractivity contribution in [3.05, 3.63) is 29.3 Å². The number of nitrogens with zero attached hydrogens (tertiary/aromatic N) is 2. The first-order valence-corrected chi connectivity index (χ1v) is 11.3. The average molecular weight is 405 g/mol. The third-order valence-corrected chi connectivity index (χ3v) is 7.52. The van der Waals surface area contributed by atoms with Crippen molar-refractivity contribution in [3.63, 3.8) is 0 Å². The number of aryl methyl sites for hydroxylation is 2. The van der Waals surface area contributed by atoms with Crippen LogP contribution in [0, 0.1) is 25.7 Å². The molecule has 2 aromatic rings. The van der Waals surface area contributed by atoms with Crippen LogP contribution in [0.1, 0.15) is 44.2 Å². The maximum atomic E-state index is 12.3. The molecule has 3 rings (SSSR count). The van der Waals surface area contributed by atoms with E-state index in [2.05, 4.69) is 60.7 Å². The lowest BCUT2D eigenvalue weighted by Gasteiger charge is -2.34. The van der Waals surface area contributed by atoms with Crippen LogP contribution in [-0.4, -0.2) is 27.9 Å². The van der Waals surface area contributed by atoms with E-state index in [0.29, 0.717) is 23.6 Å². The number of aromatic nitrogens is 2. The Morgan fingerprint density at radius 3 is 2.81 bits per heavy atom. The largest absolute Gasteiger partial charge is 0.352 e. The fourth-order valence-corrected chi connectivity index (χ4v) is 5.01. The second kappa shape index (κ2) is 9.06. The van der Waals surface area contributed by atoms with Gasteiger partial charge in [0, 0.05) is 11.7 Å². The van der Waals surface area contributed by atoms with E-state index in [0.717, 1.165) is 21.6 Å². The predicted octanol–water partition coefficient (Wildman–Crippen LogP) is 4.93. The minimum absolute atomic E-state index is 0.0878. The first-order valence-electron chi connectivity index (χ1n) is 9.52. The minimum Gasteiger partial charge on any atom is -0.352 e. The molecule has 1 aromatic heterocycles. The summed E-state index contributed by atoms with van der Waals surface area (Å²) < 4.78 is 0.807. The highest BCUT2D eigenvalue weighted by atomic mass is 32.2. The molecule has 0 aliphatic heterocycles. The number of benzene rings is 1. The van der Waals surface area contributed by atoms with Gasteiger partial charge < -0.3 is 10.6 Å². The minimum atomic E-state index is 0.0878. The maximum Gasteiger partial charge on any atom is 0.230 e. The molecular weight excluding hydrogens is 376 g/mol. The van der Waals surface area contributed by atoms with E-state index < -0.39 is 0 Å². The highest BCUT2D eigenvalue weighted by Gasteiger charge is 2.28. The van der Waals surface area contributed by atoms with Crippen molar-refractivity contribution < 1.29 is 4.79 Å². The van der Waals surface area contributed by atoms with Crippen LogP contribution in [0.4, 0.5) is 10.8 Å². The van der Waals surface area contributed by atoms with E-state index in [1.807, 2.05) is 6.07 Å².